The molecule has 1 amide bonds. The maximum absolute atomic E-state index is 13.0. The number of para-hydroxylation sites is 2. The number of nitrogens with zero attached hydrogens (tertiary/aromatic N) is 2. The van der Waals surface area contributed by atoms with E-state index in [-0.39, 0.29) is 4.21 Å². The summed E-state index contributed by atoms with van der Waals surface area (Å²) in [5, 5.41) is 4.65. The zero-order valence-electron chi connectivity index (χ0n) is 17.0. The summed E-state index contributed by atoms with van der Waals surface area (Å²) in [5.41, 5.74) is 2.61. The summed E-state index contributed by atoms with van der Waals surface area (Å²) in [4.78, 5) is 17.7. The number of nitrogens with one attached hydrogen (secondary N) is 2. The van der Waals surface area contributed by atoms with Gasteiger partial charge in [0, 0.05) is 7.05 Å². The predicted molar refractivity (Wildman–Crippen MR) is 121 cm³/mol. The monoisotopic (exact) mass is 454 g/mol. The van der Waals surface area contributed by atoms with E-state index in [1.807, 2.05) is 66.2 Å². The van der Waals surface area contributed by atoms with Gasteiger partial charge in [0.25, 0.3) is 10.0 Å². The predicted octanol–water partition coefficient (Wildman–Crippen LogP) is 3.21. The molecule has 9 heteroatoms. The SMILES string of the molecule is CC(NS(=O)(=O)c1cccs1)C(=O)NC(c1ccccc1)c1nc2ccccc2n1C. The molecular weight excluding hydrogens is 432 g/mol. The molecule has 0 aliphatic carbocycles. The molecule has 160 valence electrons. The van der Waals surface area contributed by atoms with Crippen LogP contribution in [0.25, 0.3) is 11.0 Å². The van der Waals surface area contributed by atoms with E-state index in [9.17, 15) is 13.2 Å². The van der Waals surface area contributed by atoms with Crippen molar-refractivity contribution in [3.8, 4) is 0 Å². The fourth-order valence-corrected chi connectivity index (χ4v) is 5.61. The first-order valence-electron chi connectivity index (χ1n) is 9.69. The van der Waals surface area contributed by atoms with E-state index in [1.54, 1.807) is 11.4 Å². The first-order valence-corrected chi connectivity index (χ1v) is 12.1. The third-order valence-corrected chi connectivity index (χ3v) is 7.92. The van der Waals surface area contributed by atoms with E-state index in [2.05, 4.69) is 10.0 Å². The number of hydrogen-bond acceptors (Lipinski definition) is 5. The van der Waals surface area contributed by atoms with E-state index in [1.165, 1.54) is 13.0 Å². The maximum atomic E-state index is 13.0. The lowest BCUT2D eigenvalue weighted by Gasteiger charge is -2.22. The van der Waals surface area contributed by atoms with Gasteiger partial charge < -0.3 is 9.88 Å². The summed E-state index contributed by atoms with van der Waals surface area (Å²) < 4.78 is 29.6. The van der Waals surface area contributed by atoms with Crippen LogP contribution in [0.1, 0.15) is 24.4 Å². The Kier molecular flexibility index (Phi) is 5.90. The van der Waals surface area contributed by atoms with Gasteiger partial charge in [-0.3, -0.25) is 4.79 Å². The van der Waals surface area contributed by atoms with Crippen molar-refractivity contribution in [3.63, 3.8) is 0 Å². The van der Waals surface area contributed by atoms with Gasteiger partial charge in [0.15, 0.2) is 0 Å². The van der Waals surface area contributed by atoms with Gasteiger partial charge in [0.2, 0.25) is 5.91 Å². The number of rotatable bonds is 7. The van der Waals surface area contributed by atoms with Gasteiger partial charge >= 0.3 is 0 Å². The Morgan fingerprint density at radius 2 is 1.74 bits per heavy atom. The number of carbonyl (C=O) groups excluding carboxylic acids is 1. The fraction of sp³-hybridized carbons (Fsp3) is 0.182. The third kappa shape index (κ3) is 4.39. The molecule has 2 unspecified atom stereocenters. The number of thiophene rings is 1. The van der Waals surface area contributed by atoms with E-state index >= 15 is 0 Å². The van der Waals surface area contributed by atoms with Crippen LogP contribution in [0.3, 0.4) is 0 Å². The van der Waals surface area contributed by atoms with Crippen molar-refractivity contribution in [2.45, 2.75) is 23.2 Å². The highest BCUT2D eigenvalue weighted by Crippen LogP contribution is 2.25. The Labute approximate surface area is 184 Å². The Morgan fingerprint density at radius 1 is 1.03 bits per heavy atom. The number of sulfonamides is 1. The lowest BCUT2D eigenvalue weighted by Crippen LogP contribution is -2.46. The Morgan fingerprint density at radius 3 is 2.42 bits per heavy atom. The quantitative estimate of drug-likeness (QED) is 0.448. The average Bonchev–Trinajstić information content (AvgIpc) is 3.42. The molecule has 0 saturated heterocycles. The molecule has 0 saturated carbocycles. The highest BCUT2D eigenvalue weighted by molar-refractivity contribution is 7.91. The molecule has 0 aliphatic heterocycles. The zero-order chi connectivity index (χ0) is 22.0. The van der Waals surface area contributed by atoms with Crippen LogP contribution in [0.2, 0.25) is 0 Å². The minimum absolute atomic E-state index is 0.169. The van der Waals surface area contributed by atoms with Gasteiger partial charge in [-0.15, -0.1) is 11.3 Å². The number of amides is 1. The van der Waals surface area contributed by atoms with Crippen molar-refractivity contribution >= 4 is 38.3 Å². The number of carbonyl (C=O) groups is 1. The topological polar surface area (TPSA) is 93.1 Å². The summed E-state index contributed by atoms with van der Waals surface area (Å²) in [6.45, 7) is 1.53. The van der Waals surface area contributed by atoms with Crippen molar-refractivity contribution in [1.82, 2.24) is 19.6 Å². The summed E-state index contributed by atoms with van der Waals surface area (Å²) >= 11 is 1.10. The van der Waals surface area contributed by atoms with Crippen molar-refractivity contribution < 1.29 is 13.2 Å². The molecule has 0 spiro atoms. The third-order valence-electron chi connectivity index (χ3n) is 4.98. The molecular formula is C22H22N4O3S2. The Hall–Kier alpha value is -3.01. The van der Waals surface area contributed by atoms with Crippen LogP contribution < -0.4 is 10.0 Å². The smallest absolute Gasteiger partial charge is 0.250 e. The lowest BCUT2D eigenvalue weighted by atomic mass is 10.1. The fourth-order valence-electron chi connectivity index (χ4n) is 3.39. The van der Waals surface area contributed by atoms with Gasteiger partial charge in [0.05, 0.1) is 17.1 Å². The largest absolute Gasteiger partial charge is 0.341 e. The van der Waals surface area contributed by atoms with Crippen LogP contribution in [0, 0.1) is 0 Å². The second-order valence-corrected chi connectivity index (χ2v) is 10.0. The molecule has 2 aromatic heterocycles. The molecule has 2 atom stereocenters. The average molecular weight is 455 g/mol. The summed E-state index contributed by atoms with van der Waals surface area (Å²) in [5.74, 6) is 0.218. The molecule has 0 aliphatic rings. The molecule has 0 bridgehead atoms. The number of fused-ring (bicyclic) bond motifs is 1. The lowest BCUT2D eigenvalue weighted by molar-refractivity contribution is -0.122. The standard InChI is InChI=1S/C22H22N4O3S2/c1-15(25-31(28,29)19-13-8-14-30-19)22(27)24-20(16-9-4-3-5-10-16)21-23-17-11-6-7-12-18(17)26(21)2/h3-15,20,25H,1-2H3,(H,24,27). The van der Waals surface area contributed by atoms with Crippen LogP contribution in [0.4, 0.5) is 0 Å². The molecule has 0 radical (unpaired) electrons. The van der Waals surface area contributed by atoms with E-state index in [0.717, 1.165) is 27.9 Å². The van der Waals surface area contributed by atoms with Crippen molar-refractivity contribution in [2.75, 3.05) is 0 Å². The second kappa shape index (κ2) is 8.62. The molecule has 0 fully saturated rings. The van der Waals surface area contributed by atoms with Crippen LogP contribution in [-0.4, -0.2) is 29.9 Å². The number of imidazole rings is 1. The van der Waals surface area contributed by atoms with Crippen molar-refractivity contribution in [3.05, 3.63) is 83.5 Å². The molecule has 7 nitrogen and oxygen atoms in total. The normalized spacial score (nSPS) is 13.7. The van der Waals surface area contributed by atoms with Crippen LogP contribution in [0.5, 0.6) is 0 Å². The second-order valence-electron chi connectivity index (χ2n) is 7.15. The maximum Gasteiger partial charge on any atom is 0.250 e. The van der Waals surface area contributed by atoms with Gasteiger partial charge in [-0.2, -0.15) is 4.72 Å². The number of benzene rings is 2. The minimum atomic E-state index is -3.77. The molecule has 4 rings (SSSR count). The van der Waals surface area contributed by atoms with Gasteiger partial charge in [-0.1, -0.05) is 48.5 Å². The molecule has 31 heavy (non-hydrogen) atoms. The van der Waals surface area contributed by atoms with Crippen molar-refractivity contribution in [1.29, 1.82) is 0 Å². The van der Waals surface area contributed by atoms with Crippen LogP contribution in [0.15, 0.2) is 76.3 Å². The van der Waals surface area contributed by atoms with Crippen molar-refractivity contribution in [2.24, 2.45) is 7.05 Å². The van der Waals surface area contributed by atoms with E-state index in [0.29, 0.717) is 5.82 Å². The molecule has 2 N–H and O–H groups in total. The Balaban J connectivity index is 1.64. The first kappa shape index (κ1) is 21.2. The number of aryl methyl sites for hydroxylation is 1. The number of aromatic nitrogens is 2. The minimum Gasteiger partial charge on any atom is -0.341 e. The molecule has 4 aromatic rings. The summed E-state index contributed by atoms with van der Waals surface area (Å²) in [6.07, 6.45) is 0. The van der Waals surface area contributed by atoms with Gasteiger partial charge in [-0.25, -0.2) is 13.4 Å². The van der Waals surface area contributed by atoms with E-state index in [4.69, 9.17) is 4.98 Å². The van der Waals surface area contributed by atoms with Gasteiger partial charge in [-0.05, 0) is 36.1 Å². The highest BCUT2D eigenvalue weighted by Gasteiger charge is 2.27. The first-order chi connectivity index (χ1) is 14.9. The zero-order valence-corrected chi connectivity index (χ0v) is 18.7. The van der Waals surface area contributed by atoms with Crippen LogP contribution >= 0.6 is 11.3 Å². The van der Waals surface area contributed by atoms with Crippen LogP contribution in [-0.2, 0) is 21.9 Å². The summed E-state index contributed by atoms with van der Waals surface area (Å²) in [6, 6.07) is 18.9. The Bertz CT molecular complexity index is 1300. The summed E-state index contributed by atoms with van der Waals surface area (Å²) in [7, 11) is -1.87. The molecule has 2 aromatic carbocycles. The number of hydrogen-bond donors (Lipinski definition) is 2. The molecule has 2 heterocycles. The highest BCUT2D eigenvalue weighted by atomic mass is 32.2. The van der Waals surface area contributed by atoms with Gasteiger partial charge in [0.1, 0.15) is 16.1 Å². The van der Waals surface area contributed by atoms with E-state index < -0.39 is 28.0 Å².